The lowest BCUT2D eigenvalue weighted by molar-refractivity contribution is -0.245. The lowest BCUT2D eigenvalue weighted by Crippen LogP contribution is -2.31. The quantitative estimate of drug-likeness (QED) is 0.196. The number of aromatic nitrogens is 3. The maximum absolute atomic E-state index is 12.0. The zero-order valence-corrected chi connectivity index (χ0v) is 24.6. The fourth-order valence-corrected chi connectivity index (χ4v) is 5.73. The summed E-state index contributed by atoms with van der Waals surface area (Å²) >= 11 is 1.59. The number of aryl methyl sites for hydroxylation is 1. The number of carboxylic acids is 1. The second kappa shape index (κ2) is 14.4. The topological polar surface area (TPSA) is 136 Å². The first-order valence-electron chi connectivity index (χ1n) is 14.0. The molecule has 4 aromatic rings. The number of hydrogen-bond acceptors (Lipinski definition) is 8. The lowest BCUT2D eigenvalue weighted by Gasteiger charge is -2.36. The van der Waals surface area contributed by atoms with Crippen LogP contribution in [0.1, 0.15) is 53.9 Å². The number of nitrogens with zero attached hydrogens (tertiary/aromatic N) is 3. The molecule has 1 aliphatic heterocycles. The minimum Gasteiger partial charge on any atom is -0.481 e. The average molecular weight is 603 g/mol. The number of rotatable bonds is 12. The molecule has 3 atom stereocenters. The average Bonchev–Trinajstić information content (AvgIpc) is 3.46. The van der Waals surface area contributed by atoms with Crippen LogP contribution in [0.25, 0.3) is 11.1 Å². The van der Waals surface area contributed by atoms with Crippen molar-refractivity contribution in [2.75, 3.05) is 5.75 Å². The van der Waals surface area contributed by atoms with Gasteiger partial charge in [0.25, 0.3) is 0 Å². The molecule has 3 aromatic carbocycles. The Morgan fingerprint density at radius 2 is 1.74 bits per heavy atom. The summed E-state index contributed by atoms with van der Waals surface area (Å²) in [6.45, 7) is 0.294. The van der Waals surface area contributed by atoms with Crippen LogP contribution in [-0.4, -0.2) is 48.7 Å². The van der Waals surface area contributed by atoms with Gasteiger partial charge in [0.1, 0.15) is 6.33 Å². The SMILES string of the molecule is Cn1cnnc1SCC1CC(c2ccc(CO)cc2)OC(c2cccc(-c3cccc(CNC(=O)CCC(=O)O)c3)c2)O1. The Kier molecular flexibility index (Phi) is 10.2. The van der Waals surface area contributed by atoms with Crippen LogP contribution in [0.15, 0.2) is 84.3 Å². The van der Waals surface area contributed by atoms with E-state index in [1.807, 2.05) is 78.3 Å². The van der Waals surface area contributed by atoms with Gasteiger partial charge in [-0.25, -0.2) is 0 Å². The fourth-order valence-electron chi connectivity index (χ4n) is 4.83. The number of carboxylic acid groups (broad SMARTS) is 1. The van der Waals surface area contributed by atoms with Gasteiger partial charge < -0.3 is 29.6 Å². The van der Waals surface area contributed by atoms with E-state index in [2.05, 4.69) is 21.6 Å². The Morgan fingerprint density at radius 3 is 2.47 bits per heavy atom. The number of aliphatic hydroxyl groups is 1. The maximum Gasteiger partial charge on any atom is 0.303 e. The van der Waals surface area contributed by atoms with Gasteiger partial charge in [-0.1, -0.05) is 72.4 Å². The smallest absolute Gasteiger partial charge is 0.303 e. The molecule has 0 spiro atoms. The van der Waals surface area contributed by atoms with Crippen molar-refractivity contribution in [3.63, 3.8) is 0 Å². The number of hydrogen-bond donors (Lipinski definition) is 3. The number of aliphatic carboxylic acids is 1. The third-order valence-electron chi connectivity index (χ3n) is 7.16. The van der Waals surface area contributed by atoms with E-state index in [0.29, 0.717) is 18.7 Å². The summed E-state index contributed by atoms with van der Waals surface area (Å²) in [7, 11) is 1.91. The van der Waals surface area contributed by atoms with Crippen molar-refractivity contribution in [3.8, 4) is 11.1 Å². The van der Waals surface area contributed by atoms with E-state index in [-0.39, 0.29) is 37.6 Å². The first kappa shape index (κ1) is 30.4. The molecule has 224 valence electrons. The van der Waals surface area contributed by atoms with Crippen LogP contribution in [-0.2, 0) is 39.3 Å². The van der Waals surface area contributed by atoms with Crippen molar-refractivity contribution in [2.45, 2.75) is 56.1 Å². The van der Waals surface area contributed by atoms with Crippen LogP contribution in [0, 0.1) is 0 Å². The van der Waals surface area contributed by atoms with Gasteiger partial charge in [-0.05, 0) is 39.9 Å². The normalized spacial score (nSPS) is 18.3. The number of benzene rings is 3. The van der Waals surface area contributed by atoms with E-state index in [9.17, 15) is 14.7 Å². The predicted octanol–water partition coefficient (Wildman–Crippen LogP) is 4.79. The van der Waals surface area contributed by atoms with Crippen molar-refractivity contribution in [2.24, 2.45) is 7.05 Å². The molecular formula is C32H34N4O6S. The highest BCUT2D eigenvalue weighted by atomic mass is 32.2. The zero-order chi connectivity index (χ0) is 30.2. The third kappa shape index (κ3) is 8.29. The minimum absolute atomic E-state index is 0.0143. The molecule has 2 heterocycles. The molecule has 1 fully saturated rings. The summed E-state index contributed by atoms with van der Waals surface area (Å²) in [6.07, 6.45) is 1.18. The van der Waals surface area contributed by atoms with Crippen LogP contribution >= 0.6 is 11.8 Å². The largest absolute Gasteiger partial charge is 0.481 e. The first-order valence-corrected chi connectivity index (χ1v) is 15.0. The molecule has 43 heavy (non-hydrogen) atoms. The summed E-state index contributed by atoms with van der Waals surface area (Å²) in [5, 5.41) is 30.0. The maximum atomic E-state index is 12.0. The molecule has 0 bridgehead atoms. The summed E-state index contributed by atoms with van der Waals surface area (Å²) in [5.74, 6) is -0.615. The number of amides is 1. The van der Waals surface area contributed by atoms with E-state index in [1.165, 1.54) is 0 Å². The van der Waals surface area contributed by atoms with Crippen molar-refractivity contribution in [1.29, 1.82) is 0 Å². The van der Waals surface area contributed by atoms with Gasteiger partial charge in [0.05, 0.1) is 25.2 Å². The summed E-state index contributed by atoms with van der Waals surface area (Å²) in [5.41, 5.74) is 5.60. The van der Waals surface area contributed by atoms with E-state index >= 15 is 0 Å². The Labute approximate surface area is 254 Å². The number of thioether (sulfide) groups is 1. The molecule has 0 saturated carbocycles. The van der Waals surface area contributed by atoms with Gasteiger partial charge in [0.2, 0.25) is 5.91 Å². The molecule has 1 aliphatic rings. The van der Waals surface area contributed by atoms with Gasteiger partial charge >= 0.3 is 5.97 Å². The fraction of sp³-hybridized carbons (Fsp3) is 0.312. The second-order valence-electron chi connectivity index (χ2n) is 10.4. The molecule has 0 aliphatic carbocycles. The molecular weight excluding hydrogens is 568 g/mol. The van der Waals surface area contributed by atoms with Gasteiger partial charge in [0.15, 0.2) is 11.4 Å². The van der Waals surface area contributed by atoms with E-state index in [4.69, 9.17) is 14.6 Å². The summed E-state index contributed by atoms with van der Waals surface area (Å²) < 4.78 is 14.9. The van der Waals surface area contributed by atoms with Crippen LogP contribution in [0.5, 0.6) is 0 Å². The highest BCUT2D eigenvalue weighted by Crippen LogP contribution is 2.40. The molecule has 10 nitrogen and oxygen atoms in total. The molecule has 3 N–H and O–H groups in total. The van der Waals surface area contributed by atoms with Crippen molar-refractivity contribution >= 4 is 23.6 Å². The standard InChI is InChI=1S/C32H34N4O6S/c1-36-20-34-35-32(36)43-19-27-16-28(23-10-8-21(18-37)9-11-23)42-31(41-27)26-7-3-6-25(15-26)24-5-2-4-22(14-24)17-33-29(38)12-13-30(39)40/h2-11,14-15,20,27-28,31,37H,12-13,16-19H2,1H3,(H,33,38)(H,39,40). The number of aliphatic hydroxyl groups excluding tert-OH is 1. The Morgan fingerprint density at radius 1 is 0.977 bits per heavy atom. The molecule has 1 amide bonds. The van der Waals surface area contributed by atoms with Crippen LogP contribution in [0.3, 0.4) is 0 Å². The molecule has 1 saturated heterocycles. The molecule has 5 rings (SSSR count). The van der Waals surface area contributed by atoms with Crippen molar-refractivity contribution < 1.29 is 29.3 Å². The van der Waals surface area contributed by atoms with Gasteiger partial charge in [-0.2, -0.15) is 0 Å². The van der Waals surface area contributed by atoms with Crippen LogP contribution < -0.4 is 5.32 Å². The third-order valence-corrected chi connectivity index (χ3v) is 8.32. The number of carbonyl (C=O) groups excluding carboxylic acids is 1. The summed E-state index contributed by atoms with van der Waals surface area (Å²) in [6, 6.07) is 23.7. The highest BCUT2D eigenvalue weighted by Gasteiger charge is 2.32. The van der Waals surface area contributed by atoms with Crippen LogP contribution in [0.2, 0.25) is 0 Å². The summed E-state index contributed by atoms with van der Waals surface area (Å²) in [4.78, 5) is 22.7. The first-order chi connectivity index (χ1) is 20.9. The van der Waals surface area contributed by atoms with Gasteiger partial charge in [-0.3, -0.25) is 9.59 Å². The van der Waals surface area contributed by atoms with Crippen LogP contribution in [0.4, 0.5) is 0 Å². The predicted molar refractivity (Wildman–Crippen MR) is 161 cm³/mol. The van der Waals surface area contributed by atoms with E-state index in [1.54, 1.807) is 18.1 Å². The lowest BCUT2D eigenvalue weighted by atomic mass is 9.99. The number of nitrogens with one attached hydrogen (secondary N) is 1. The van der Waals surface area contributed by atoms with E-state index in [0.717, 1.165) is 38.5 Å². The van der Waals surface area contributed by atoms with E-state index < -0.39 is 12.3 Å². The Hall–Kier alpha value is -4.03. The highest BCUT2D eigenvalue weighted by molar-refractivity contribution is 7.99. The molecule has 11 heteroatoms. The molecule has 3 unspecified atom stereocenters. The second-order valence-corrected chi connectivity index (χ2v) is 11.4. The number of carbonyl (C=O) groups is 2. The van der Waals surface area contributed by atoms with Crippen molar-refractivity contribution in [1.82, 2.24) is 20.1 Å². The zero-order valence-electron chi connectivity index (χ0n) is 23.8. The monoisotopic (exact) mass is 602 g/mol. The van der Waals surface area contributed by atoms with Gasteiger partial charge in [0, 0.05) is 37.8 Å². The Bertz CT molecular complexity index is 1540. The Balaban J connectivity index is 1.33. The number of ether oxygens (including phenoxy) is 2. The minimum atomic E-state index is -0.996. The van der Waals surface area contributed by atoms with Crippen molar-refractivity contribution in [3.05, 3.63) is 101 Å². The molecule has 0 radical (unpaired) electrons. The van der Waals surface area contributed by atoms with Gasteiger partial charge in [-0.15, -0.1) is 10.2 Å². The molecule has 1 aromatic heterocycles.